The molecule has 4 nitrogen and oxygen atoms in total. The summed E-state index contributed by atoms with van der Waals surface area (Å²) in [7, 11) is 0. The minimum atomic E-state index is -0.678. The van der Waals surface area contributed by atoms with Crippen molar-refractivity contribution in [3.05, 3.63) is 134 Å². The lowest BCUT2D eigenvalue weighted by atomic mass is 10.0. The van der Waals surface area contributed by atoms with E-state index in [4.69, 9.17) is 0 Å². The summed E-state index contributed by atoms with van der Waals surface area (Å²) in [5.74, 6) is -0.0535. The van der Waals surface area contributed by atoms with Crippen LogP contribution in [0, 0.1) is 0 Å². The molecule has 71 heavy (non-hydrogen) atoms. The Morgan fingerprint density at radius 1 is 0.352 bits per heavy atom. The lowest BCUT2D eigenvalue weighted by Gasteiger charge is -2.22. The number of hydrogen-bond donors (Lipinski definition) is 3. The maximum absolute atomic E-state index is 12.5. The van der Waals surface area contributed by atoms with Crippen molar-refractivity contribution in [1.29, 1.82) is 0 Å². The molecule has 404 valence electrons. The number of hydrogen-bond acceptors (Lipinski definition) is 3. The summed E-state index contributed by atoms with van der Waals surface area (Å²) in [6, 6.07) is -0.557. The molecule has 2 atom stereocenters. The fraction of sp³-hybridized carbons (Fsp3) is 0.657. The normalized spacial score (nSPS) is 13.8. The highest BCUT2D eigenvalue weighted by atomic mass is 16.3. The van der Waals surface area contributed by atoms with Crippen LogP contribution in [0.2, 0.25) is 0 Å². The van der Waals surface area contributed by atoms with E-state index >= 15 is 0 Å². The predicted octanol–water partition coefficient (Wildman–Crippen LogP) is 20.2. The number of rotatable bonds is 53. The molecular weight excluding hydrogens is 867 g/mol. The van der Waals surface area contributed by atoms with Gasteiger partial charge in [-0.15, -0.1) is 0 Å². The Morgan fingerprint density at radius 2 is 0.620 bits per heavy atom. The fourth-order valence-corrected chi connectivity index (χ4v) is 8.43. The Balaban J connectivity index is 3.64. The van der Waals surface area contributed by atoms with Crippen molar-refractivity contribution in [2.24, 2.45) is 0 Å². The summed E-state index contributed by atoms with van der Waals surface area (Å²) >= 11 is 0. The molecule has 0 aromatic heterocycles. The summed E-state index contributed by atoms with van der Waals surface area (Å²) in [5, 5.41) is 23.3. The monoisotopic (exact) mass is 980 g/mol. The van der Waals surface area contributed by atoms with Gasteiger partial charge >= 0.3 is 0 Å². The highest BCUT2D eigenvalue weighted by Crippen LogP contribution is 2.16. The Labute approximate surface area is 441 Å². The molecule has 0 aromatic rings. The van der Waals surface area contributed by atoms with Crippen LogP contribution in [0.25, 0.3) is 0 Å². The van der Waals surface area contributed by atoms with Gasteiger partial charge in [0.2, 0.25) is 5.91 Å². The fourth-order valence-electron chi connectivity index (χ4n) is 8.43. The van der Waals surface area contributed by atoms with Crippen LogP contribution in [0.1, 0.15) is 264 Å². The van der Waals surface area contributed by atoms with Gasteiger partial charge in [0.25, 0.3) is 0 Å². The summed E-state index contributed by atoms with van der Waals surface area (Å²) in [5.41, 5.74) is 0. The highest BCUT2D eigenvalue weighted by molar-refractivity contribution is 5.76. The second-order valence-corrected chi connectivity index (χ2v) is 19.7. The quantitative estimate of drug-likeness (QED) is 0.0420. The molecule has 0 bridgehead atoms. The van der Waals surface area contributed by atoms with Crippen LogP contribution in [-0.2, 0) is 4.79 Å². The number of carbonyl (C=O) groups excluding carboxylic acids is 1. The van der Waals surface area contributed by atoms with Crippen molar-refractivity contribution < 1.29 is 15.0 Å². The van der Waals surface area contributed by atoms with E-state index in [9.17, 15) is 15.0 Å². The molecular formula is C67H113NO3. The minimum Gasteiger partial charge on any atom is -0.394 e. The zero-order chi connectivity index (χ0) is 51.3. The van der Waals surface area contributed by atoms with Gasteiger partial charge in [0.05, 0.1) is 18.8 Å². The van der Waals surface area contributed by atoms with Crippen LogP contribution in [0.5, 0.6) is 0 Å². The first kappa shape index (κ1) is 67.5. The zero-order valence-corrected chi connectivity index (χ0v) is 46.4. The number of amides is 1. The van der Waals surface area contributed by atoms with Crippen molar-refractivity contribution in [2.75, 3.05) is 6.61 Å². The first-order valence-corrected chi connectivity index (χ1v) is 29.9. The molecule has 0 radical (unpaired) electrons. The van der Waals surface area contributed by atoms with Gasteiger partial charge in [-0.2, -0.15) is 0 Å². The number of aliphatic hydroxyl groups excluding tert-OH is 2. The van der Waals surface area contributed by atoms with Crippen molar-refractivity contribution in [1.82, 2.24) is 5.32 Å². The molecule has 0 aromatic carbocycles. The number of allylic oxidation sites excluding steroid dienone is 22. The van der Waals surface area contributed by atoms with E-state index in [2.05, 4.69) is 153 Å². The van der Waals surface area contributed by atoms with Gasteiger partial charge in [-0.3, -0.25) is 4.79 Å². The van der Waals surface area contributed by atoms with E-state index < -0.39 is 12.1 Å². The van der Waals surface area contributed by atoms with Crippen LogP contribution in [0.3, 0.4) is 0 Å². The van der Waals surface area contributed by atoms with E-state index in [-0.39, 0.29) is 12.5 Å². The SMILES string of the molecule is CC/C=C\C/C=C\C/C=C\C/C=C\C/C=C\C/C=C\C/C=C\C/C=C\C/C=C\C/C=C\C/C=C\CCCCCCCC(=O)NC(CO)C(O)CCCCCCCCCCCCCCCCCCCCCC. The molecule has 0 saturated carbocycles. The molecule has 0 spiro atoms. The summed E-state index contributed by atoms with van der Waals surface area (Å²) in [4.78, 5) is 12.5. The number of aliphatic hydroxyl groups is 2. The molecule has 1 amide bonds. The van der Waals surface area contributed by atoms with Gasteiger partial charge in [-0.1, -0.05) is 295 Å². The molecule has 0 heterocycles. The molecule has 0 aliphatic heterocycles. The average Bonchev–Trinajstić information content (AvgIpc) is 3.37. The van der Waals surface area contributed by atoms with E-state index in [0.717, 1.165) is 109 Å². The van der Waals surface area contributed by atoms with Gasteiger partial charge < -0.3 is 15.5 Å². The lowest BCUT2D eigenvalue weighted by molar-refractivity contribution is -0.123. The van der Waals surface area contributed by atoms with E-state index in [1.165, 1.54) is 128 Å². The third kappa shape index (κ3) is 57.3. The number of nitrogens with one attached hydrogen (secondary N) is 1. The molecule has 0 aliphatic carbocycles. The first-order valence-electron chi connectivity index (χ1n) is 29.9. The van der Waals surface area contributed by atoms with Crippen LogP contribution in [0.4, 0.5) is 0 Å². The van der Waals surface area contributed by atoms with Gasteiger partial charge in [-0.05, 0) is 96.3 Å². The maximum atomic E-state index is 12.5. The smallest absolute Gasteiger partial charge is 0.220 e. The van der Waals surface area contributed by atoms with Crippen molar-refractivity contribution in [2.45, 2.75) is 276 Å². The Kier molecular flexibility index (Phi) is 57.9. The van der Waals surface area contributed by atoms with Crippen molar-refractivity contribution >= 4 is 5.91 Å². The van der Waals surface area contributed by atoms with E-state index in [0.29, 0.717) is 12.8 Å². The van der Waals surface area contributed by atoms with E-state index in [1.807, 2.05) is 0 Å². The average molecular weight is 981 g/mol. The molecule has 3 N–H and O–H groups in total. The lowest BCUT2D eigenvalue weighted by Crippen LogP contribution is -2.45. The Morgan fingerprint density at radius 3 is 0.930 bits per heavy atom. The summed E-state index contributed by atoms with van der Waals surface area (Å²) in [6.07, 6.45) is 94.4. The van der Waals surface area contributed by atoms with Crippen molar-refractivity contribution in [3.8, 4) is 0 Å². The van der Waals surface area contributed by atoms with Crippen LogP contribution in [0.15, 0.2) is 134 Å². The largest absolute Gasteiger partial charge is 0.394 e. The van der Waals surface area contributed by atoms with Gasteiger partial charge in [0.15, 0.2) is 0 Å². The van der Waals surface area contributed by atoms with Crippen LogP contribution < -0.4 is 5.32 Å². The second-order valence-electron chi connectivity index (χ2n) is 19.7. The van der Waals surface area contributed by atoms with Gasteiger partial charge in [0.1, 0.15) is 0 Å². The third-order valence-electron chi connectivity index (χ3n) is 12.9. The topological polar surface area (TPSA) is 69.6 Å². The molecule has 2 unspecified atom stereocenters. The minimum absolute atomic E-state index is 0.0535. The summed E-state index contributed by atoms with van der Waals surface area (Å²) < 4.78 is 0. The molecule has 0 rings (SSSR count). The van der Waals surface area contributed by atoms with E-state index in [1.54, 1.807) is 0 Å². The first-order chi connectivity index (χ1) is 35.2. The Hall–Kier alpha value is -3.47. The van der Waals surface area contributed by atoms with Gasteiger partial charge in [0, 0.05) is 6.42 Å². The zero-order valence-electron chi connectivity index (χ0n) is 46.4. The Bertz CT molecular complexity index is 1440. The molecule has 4 heteroatoms. The molecule has 0 aliphatic rings. The third-order valence-corrected chi connectivity index (χ3v) is 12.9. The van der Waals surface area contributed by atoms with Gasteiger partial charge in [-0.25, -0.2) is 0 Å². The number of carbonyl (C=O) groups is 1. The molecule has 0 fully saturated rings. The second kappa shape index (κ2) is 60.8. The number of unbranched alkanes of at least 4 members (excludes halogenated alkanes) is 24. The standard InChI is InChI=1S/C67H113NO3/c1-3-5-7-9-11-13-15-17-19-21-23-25-26-27-28-29-30-31-32-33-34-35-36-37-38-39-40-41-42-43-45-47-49-51-53-55-57-59-61-63-67(71)68-65(64-69)66(70)62-60-58-56-54-52-50-48-46-44-24-22-20-18-16-14-12-10-8-6-4-2/h5,7,11,13,17,19,23,25,27-28,30-31,33-34,36-37,39-40,42-43,47,49,65-66,69-70H,3-4,6,8-10,12,14-16,18,20-22,24,26,29,32,35,38,41,44-46,48,50-64H2,1-2H3,(H,68,71)/b7-5-,13-11-,19-17-,25-23-,28-27-,31-30-,34-33-,37-36-,40-39-,43-42-,49-47-. The summed E-state index contributed by atoms with van der Waals surface area (Å²) in [6.45, 7) is 4.24. The molecule has 0 saturated heterocycles. The van der Waals surface area contributed by atoms with Crippen LogP contribution >= 0.6 is 0 Å². The predicted molar refractivity (Wildman–Crippen MR) is 317 cm³/mol. The maximum Gasteiger partial charge on any atom is 0.220 e. The van der Waals surface area contributed by atoms with Crippen LogP contribution in [-0.4, -0.2) is 34.9 Å². The van der Waals surface area contributed by atoms with Crippen molar-refractivity contribution in [3.63, 3.8) is 0 Å². The highest BCUT2D eigenvalue weighted by Gasteiger charge is 2.20.